The van der Waals surface area contributed by atoms with E-state index < -0.39 is 27.9 Å². The molecule has 4 heterocycles. The highest BCUT2D eigenvalue weighted by molar-refractivity contribution is 7.92. The molecule has 0 spiro atoms. The molecule has 3 aromatic heterocycles. The Morgan fingerprint density at radius 1 is 1.24 bits per heavy atom. The first-order valence-corrected chi connectivity index (χ1v) is 13.6. The molecule has 1 unspecified atom stereocenters. The van der Waals surface area contributed by atoms with Gasteiger partial charge in [0.15, 0.2) is 21.7 Å². The van der Waals surface area contributed by atoms with Crippen LogP contribution in [-0.2, 0) is 9.84 Å². The second-order valence-electron chi connectivity index (χ2n) is 9.56. The van der Waals surface area contributed by atoms with Crippen molar-refractivity contribution in [1.82, 2.24) is 29.3 Å². The van der Waals surface area contributed by atoms with Gasteiger partial charge in [-0.1, -0.05) is 0 Å². The van der Waals surface area contributed by atoms with E-state index in [1.807, 2.05) is 7.05 Å². The summed E-state index contributed by atoms with van der Waals surface area (Å²) < 4.78 is 60.6. The average Bonchev–Trinajstić information content (AvgIpc) is 3.53. The molecule has 11 nitrogen and oxygen atoms in total. The number of rotatable bonds is 9. The predicted octanol–water partition coefficient (Wildman–Crippen LogP) is 2.72. The summed E-state index contributed by atoms with van der Waals surface area (Å²) in [5.74, 6) is -0.221. The number of halogens is 2. The summed E-state index contributed by atoms with van der Waals surface area (Å²) in [5, 5.41) is 22.4. The first-order valence-electron chi connectivity index (χ1n) is 12.0. The predicted molar refractivity (Wildman–Crippen MR) is 133 cm³/mol. The number of alkyl halides is 2. The number of aromatic nitrogens is 5. The number of hydrogen-bond acceptors (Lipinski definition) is 9. The van der Waals surface area contributed by atoms with Crippen molar-refractivity contribution in [3.63, 3.8) is 0 Å². The number of anilines is 1. The van der Waals surface area contributed by atoms with Crippen LogP contribution in [-0.4, -0.2) is 74.8 Å². The van der Waals surface area contributed by atoms with E-state index in [0.717, 1.165) is 13.1 Å². The summed E-state index contributed by atoms with van der Waals surface area (Å²) in [6.07, 6.45) is 6.24. The Balaban J connectivity index is 1.44. The first-order chi connectivity index (χ1) is 18.2. The Morgan fingerprint density at radius 3 is 2.74 bits per heavy atom. The first kappa shape index (κ1) is 24.7. The molecule has 2 fully saturated rings. The SMILES string of the molecule is CN1CC(n2cc(NC(O)c3cnn4cccnc34)c(-c3cc(S(=O)(=O)C4CC4)ccc3OC(F)F)n2)C1. The highest BCUT2D eigenvalue weighted by atomic mass is 32.2. The lowest BCUT2D eigenvalue weighted by atomic mass is 10.1. The minimum absolute atomic E-state index is 0.00729. The van der Waals surface area contributed by atoms with Crippen molar-refractivity contribution >= 4 is 21.2 Å². The summed E-state index contributed by atoms with van der Waals surface area (Å²) in [6, 6.07) is 5.54. The van der Waals surface area contributed by atoms with E-state index in [4.69, 9.17) is 4.74 Å². The third-order valence-electron chi connectivity index (χ3n) is 6.76. The van der Waals surface area contributed by atoms with Gasteiger partial charge in [0.2, 0.25) is 0 Å². The fraction of sp³-hybridized carbons (Fsp3) is 0.375. The van der Waals surface area contributed by atoms with Crippen molar-refractivity contribution in [3.05, 3.63) is 54.6 Å². The Labute approximate surface area is 216 Å². The second-order valence-corrected chi connectivity index (χ2v) is 11.8. The summed E-state index contributed by atoms with van der Waals surface area (Å²) in [5.41, 5.74) is 1.38. The number of likely N-dealkylation sites (N-methyl/N-ethyl adjacent to an activating group) is 1. The van der Waals surface area contributed by atoms with Crippen LogP contribution in [0.2, 0.25) is 0 Å². The molecule has 4 aromatic rings. The molecule has 2 aliphatic rings. The van der Waals surface area contributed by atoms with Gasteiger partial charge >= 0.3 is 6.61 Å². The maximum atomic E-state index is 13.3. The third kappa shape index (κ3) is 4.48. The monoisotopic (exact) mass is 545 g/mol. The molecule has 0 bridgehead atoms. The number of benzene rings is 1. The molecule has 1 saturated heterocycles. The lowest BCUT2D eigenvalue weighted by Crippen LogP contribution is -2.45. The molecule has 1 aromatic carbocycles. The molecule has 0 radical (unpaired) electrons. The Kier molecular flexibility index (Phi) is 6.04. The van der Waals surface area contributed by atoms with E-state index in [9.17, 15) is 22.3 Å². The Hall–Kier alpha value is -3.62. The molecule has 200 valence electrons. The van der Waals surface area contributed by atoms with Gasteiger partial charge in [0.25, 0.3) is 0 Å². The minimum Gasteiger partial charge on any atom is -0.434 e. The second kappa shape index (κ2) is 9.29. The zero-order chi connectivity index (χ0) is 26.6. The van der Waals surface area contributed by atoms with Gasteiger partial charge in [0.05, 0.1) is 33.6 Å². The summed E-state index contributed by atoms with van der Waals surface area (Å²) >= 11 is 0. The number of nitrogens with one attached hydrogen (secondary N) is 1. The quantitative estimate of drug-likeness (QED) is 0.305. The molecule has 6 rings (SSSR count). The van der Waals surface area contributed by atoms with E-state index in [0.29, 0.717) is 29.7 Å². The van der Waals surface area contributed by atoms with E-state index in [-0.39, 0.29) is 27.9 Å². The van der Waals surface area contributed by atoms with Crippen LogP contribution < -0.4 is 10.1 Å². The summed E-state index contributed by atoms with van der Waals surface area (Å²) in [6.45, 7) is -1.69. The van der Waals surface area contributed by atoms with Gasteiger partial charge < -0.3 is 20.1 Å². The van der Waals surface area contributed by atoms with Crippen molar-refractivity contribution < 1.29 is 27.0 Å². The molecule has 1 aliphatic heterocycles. The van der Waals surface area contributed by atoms with Gasteiger partial charge in [0.1, 0.15) is 11.4 Å². The van der Waals surface area contributed by atoms with Crippen molar-refractivity contribution in [3.8, 4) is 17.0 Å². The van der Waals surface area contributed by atoms with Crippen molar-refractivity contribution in [2.45, 2.75) is 41.9 Å². The van der Waals surface area contributed by atoms with Gasteiger partial charge in [0, 0.05) is 37.2 Å². The maximum absolute atomic E-state index is 13.3. The Bertz CT molecular complexity index is 1600. The number of likely N-dealkylation sites (tertiary alicyclic amines) is 1. The lowest BCUT2D eigenvalue weighted by Gasteiger charge is -2.36. The third-order valence-corrected chi connectivity index (χ3v) is 9.02. The molecule has 1 aliphatic carbocycles. The summed E-state index contributed by atoms with van der Waals surface area (Å²) in [4.78, 5) is 6.36. The number of ether oxygens (including phenoxy) is 1. The summed E-state index contributed by atoms with van der Waals surface area (Å²) in [7, 11) is -1.66. The normalized spacial score (nSPS) is 17.6. The number of fused-ring (bicyclic) bond motifs is 1. The minimum atomic E-state index is -3.62. The van der Waals surface area contributed by atoms with Crippen LogP contribution in [0.1, 0.15) is 30.7 Å². The number of sulfone groups is 1. The smallest absolute Gasteiger partial charge is 0.387 e. The number of aliphatic hydroxyl groups excluding tert-OH is 1. The molecule has 38 heavy (non-hydrogen) atoms. The topological polar surface area (TPSA) is 127 Å². The van der Waals surface area contributed by atoms with Crippen LogP contribution >= 0.6 is 0 Å². The van der Waals surface area contributed by atoms with Crippen LogP contribution in [0.15, 0.2) is 53.9 Å². The van der Waals surface area contributed by atoms with Crippen LogP contribution in [0.25, 0.3) is 16.9 Å². The number of aliphatic hydroxyl groups is 1. The number of nitrogens with zero attached hydrogens (tertiary/aromatic N) is 6. The van der Waals surface area contributed by atoms with Crippen LogP contribution in [0.4, 0.5) is 14.5 Å². The van der Waals surface area contributed by atoms with E-state index >= 15 is 0 Å². The van der Waals surface area contributed by atoms with Crippen molar-refractivity contribution in [1.29, 1.82) is 0 Å². The highest BCUT2D eigenvalue weighted by Gasteiger charge is 2.38. The molecular formula is C24H25F2N7O4S. The largest absolute Gasteiger partial charge is 0.434 e. The van der Waals surface area contributed by atoms with Crippen molar-refractivity contribution in [2.75, 3.05) is 25.5 Å². The van der Waals surface area contributed by atoms with Crippen LogP contribution in [0, 0.1) is 0 Å². The maximum Gasteiger partial charge on any atom is 0.387 e. The molecule has 2 N–H and O–H groups in total. The van der Waals surface area contributed by atoms with E-state index in [1.165, 1.54) is 28.9 Å². The van der Waals surface area contributed by atoms with Crippen LogP contribution in [0.5, 0.6) is 5.75 Å². The lowest BCUT2D eigenvalue weighted by molar-refractivity contribution is -0.0494. The Morgan fingerprint density at radius 2 is 2.03 bits per heavy atom. The van der Waals surface area contributed by atoms with E-state index in [2.05, 4.69) is 25.4 Å². The van der Waals surface area contributed by atoms with Gasteiger partial charge in [-0.05, 0) is 44.2 Å². The van der Waals surface area contributed by atoms with Gasteiger partial charge in [-0.25, -0.2) is 17.9 Å². The van der Waals surface area contributed by atoms with Gasteiger partial charge in [-0.15, -0.1) is 0 Å². The standard InChI is InChI=1S/C24H25F2N7O4S/c1-31-11-14(12-31)33-13-19(29-23(34)18-10-28-32-8-2-7-27-22(18)32)21(30-33)17-9-16(38(35,36)15-3-4-15)5-6-20(17)37-24(25)26/h2,5-10,13-15,23-24,29,34H,3-4,11-12H2,1H3. The van der Waals surface area contributed by atoms with E-state index in [1.54, 1.807) is 29.3 Å². The van der Waals surface area contributed by atoms with Gasteiger partial charge in [-0.2, -0.15) is 19.0 Å². The molecule has 14 heteroatoms. The molecule has 1 saturated carbocycles. The zero-order valence-corrected chi connectivity index (χ0v) is 21.1. The van der Waals surface area contributed by atoms with Gasteiger partial charge in [-0.3, -0.25) is 4.68 Å². The highest BCUT2D eigenvalue weighted by Crippen LogP contribution is 2.41. The molecular weight excluding hydrogens is 520 g/mol. The fourth-order valence-corrected chi connectivity index (χ4v) is 6.30. The zero-order valence-electron chi connectivity index (χ0n) is 20.3. The average molecular weight is 546 g/mol. The molecule has 0 amide bonds. The van der Waals surface area contributed by atoms with Crippen LogP contribution in [0.3, 0.4) is 0 Å². The fourth-order valence-electron chi connectivity index (χ4n) is 4.62. The van der Waals surface area contributed by atoms with Crippen molar-refractivity contribution in [2.24, 2.45) is 0 Å². The number of hydrogen-bond donors (Lipinski definition) is 2. The molecule has 1 atom stereocenters.